The van der Waals surface area contributed by atoms with Crippen molar-refractivity contribution in [3.8, 4) is 11.6 Å². The largest absolute Gasteiger partial charge is 0.503 e. The Morgan fingerprint density at radius 2 is 2.41 bits per heavy atom. The van der Waals surface area contributed by atoms with E-state index in [0.717, 1.165) is 19.4 Å². The van der Waals surface area contributed by atoms with E-state index in [1.165, 1.54) is 19.3 Å². The van der Waals surface area contributed by atoms with Crippen LogP contribution in [0, 0.1) is 0 Å². The van der Waals surface area contributed by atoms with Gasteiger partial charge in [0.05, 0.1) is 6.61 Å². The number of piperidine rings is 1. The van der Waals surface area contributed by atoms with Gasteiger partial charge in [0.15, 0.2) is 5.75 Å². The Morgan fingerprint density at radius 3 is 3.18 bits per heavy atom. The highest BCUT2D eigenvalue weighted by atomic mass is 16.5. The fourth-order valence-corrected chi connectivity index (χ4v) is 2.16. The van der Waals surface area contributed by atoms with Crippen molar-refractivity contribution in [3.63, 3.8) is 0 Å². The molecule has 1 atom stereocenters. The first-order valence-corrected chi connectivity index (χ1v) is 6.36. The second-order valence-electron chi connectivity index (χ2n) is 4.47. The maximum absolute atomic E-state index is 9.46. The summed E-state index contributed by atoms with van der Waals surface area (Å²) in [6.45, 7) is 1.76. The molecule has 1 saturated heterocycles. The monoisotopic (exact) mass is 236 g/mol. The molecule has 0 aliphatic carbocycles. The van der Waals surface area contributed by atoms with E-state index in [2.05, 4.69) is 10.3 Å². The van der Waals surface area contributed by atoms with Gasteiger partial charge in [0.1, 0.15) is 0 Å². The van der Waals surface area contributed by atoms with Gasteiger partial charge in [0, 0.05) is 12.2 Å². The summed E-state index contributed by atoms with van der Waals surface area (Å²) in [6, 6.07) is 3.92. The molecule has 1 unspecified atom stereocenters. The Hall–Kier alpha value is -1.29. The van der Waals surface area contributed by atoms with Gasteiger partial charge in [-0.2, -0.15) is 0 Å². The molecule has 2 heterocycles. The smallest absolute Gasteiger partial charge is 0.256 e. The third kappa shape index (κ3) is 3.89. The van der Waals surface area contributed by atoms with E-state index in [1.54, 1.807) is 18.3 Å². The van der Waals surface area contributed by atoms with Gasteiger partial charge in [-0.3, -0.25) is 0 Å². The van der Waals surface area contributed by atoms with Crippen LogP contribution in [0.25, 0.3) is 0 Å². The lowest BCUT2D eigenvalue weighted by molar-refractivity contribution is 0.264. The molecule has 17 heavy (non-hydrogen) atoms. The van der Waals surface area contributed by atoms with E-state index < -0.39 is 0 Å². The lowest BCUT2D eigenvalue weighted by Gasteiger charge is -2.23. The molecule has 4 heteroatoms. The van der Waals surface area contributed by atoms with Crippen LogP contribution in [0.1, 0.15) is 32.1 Å². The molecule has 0 saturated carbocycles. The first-order chi connectivity index (χ1) is 8.36. The summed E-state index contributed by atoms with van der Waals surface area (Å²) >= 11 is 0. The fourth-order valence-electron chi connectivity index (χ4n) is 2.16. The molecular weight excluding hydrogens is 216 g/mol. The Kier molecular flexibility index (Phi) is 4.62. The van der Waals surface area contributed by atoms with Gasteiger partial charge in [-0.05, 0) is 44.4 Å². The van der Waals surface area contributed by atoms with Crippen molar-refractivity contribution in [1.29, 1.82) is 0 Å². The average molecular weight is 236 g/mol. The normalized spacial score (nSPS) is 20.1. The zero-order valence-corrected chi connectivity index (χ0v) is 10.1. The van der Waals surface area contributed by atoms with Crippen molar-refractivity contribution < 1.29 is 9.84 Å². The standard InChI is InChI=1S/C13H20N2O2/c16-12-7-3-9-15-13(12)17-10-4-6-11-5-1-2-8-14-11/h3,7,9,11,14,16H,1-2,4-6,8,10H2. The average Bonchev–Trinajstić information content (AvgIpc) is 2.38. The van der Waals surface area contributed by atoms with Gasteiger partial charge in [-0.1, -0.05) is 6.42 Å². The van der Waals surface area contributed by atoms with Crippen LogP contribution in [-0.4, -0.2) is 29.3 Å². The van der Waals surface area contributed by atoms with Crippen LogP contribution in [0.4, 0.5) is 0 Å². The minimum atomic E-state index is 0.114. The molecule has 1 aromatic rings. The van der Waals surface area contributed by atoms with Gasteiger partial charge in [0.2, 0.25) is 0 Å². The van der Waals surface area contributed by atoms with Gasteiger partial charge < -0.3 is 15.2 Å². The Morgan fingerprint density at radius 1 is 1.47 bits per heavy atom. The molecule has 0 bridgehead atoms. The van der Waals surface area contributed by atoms with Crippen molar-refractivity contribution in [2.75, 3.05) is 13.2 Å². The minimum Gasteiger partial charge on any atom is -0.503 e. The second-order valence-corrected chi connectivity index (χ2v) is 4.47. The first-order valence-electron chi connectivity index (χ1n) is 6.36. The Bertz CT molecular complexity index is 338. The maximum atomic E-state index is 9.46. The summed E-state index contributed by atoms with van der Waals surface area (Å²) in [7, 11) is 0. The molecule has 0 spiro atoms. The summed E-state index contributed by atoms with van der Waals surface area (Å²) in [6.07, 6.45) is 7.65. The predicted octanol–water partition coefficient (Wildman–Crippen LogP) is 2.09. The molecular formula is C13H20N2O2. The number of aromatic nitrogens is 1. The van der Waals surface area contributed by atoms with Gasteiger partial charge in [-0.15, -0.1) is 0 Å². The molecule has 0 radical (unpaired) electrons. The number of rotatable bonds is 5. The third-order valence-corrected chi connectivity index (χ3v) is 3.10. The van der Waals surface area contributed by atoms with E-state index in [4.69, 9.17) is 4.74 Å². The molecule has 1 fully saturated rings. The number of hydrogen-bond acceptors (Lipinski definition) is 4. The van der Waals surface area contributed by atoms with Gasteiger partial charge in [-0.25, -0.2) is 4.98 Å². The van der Waals surface area contributed by atoms with Crippen LogP contribution in [-0.2, 0) is 0 Å². The van der Waals surface area contributed by atoms with Crippen molar-refractivity contribution >= 4 is 0 Å². The number of nitrogens with one attached hydrogen (secondary N) is 1. The van der Waals surface area contributed by atoms with Crippen molar-refractivity contribution in [3.05, 3.63) is 18.3 Å². The predicted molar refractivity (Wildman–Crippen MR) is 66.3 cm³/mol. The highest BCUT2D eigenvalue weighted by molar-refractivity contribution is 5.30. The highest BCUT2D eigenvalue weighted by Gasteiger charge is 2.11. The van der Waals surface area contributed by atoms with Gasteiger partial charge >= 0.3 is 0 Å². The van der Waals surface area contributed by atoms with E-state index in [1.807, 2.05) is 0 Å². The van der Waals surface area contributed by atoms with Gasteiger partial charge in [0.25, 0.3) is 5.88 Å². The Balaban J connectivity index is 1.64. The zero-order chi connectivity index (χ0) is 11.9. The number of aromatic hydroxyl groups is 1. The molecule has 1 aliphatic rings. The molecule has 2 rings (SSSR count). The number of ether oxygens (including phenoxy) is 1. The maximum Gasteiger partial charge on any atom is 0.256 e. The lowest BCUT2D eigenvalue weighted by Crippen LogP contribution is -2.34. The molecule has 0 aromatic carbocycles. The quantitative estimate of drug-likeness (QED) is 0.769. The van der Waals surface area contributed by atoms with E-state index in [-0.39, 0.29) is 5.75 Å². The van der Waals surface area contributed by atoms with Crippen molar-refractivity contribution in [2.24, 2.45) is 0 Å². The van der Waals surface area contributed by atoms with Crippen LogP contribution in [0.3, 0.4) is 0 Å². The molecule has 94 valence electrons. The Labute approximate surface area is 102 Å². The van der Waals surface area contributed by atoms with Crippen LogP contribution < -0.4 is 10.1 Å². The topological polar surface area (TPSA) is 54.4 Å². The van der Waals surface area contributed by atoms with Crippen LogP contribution >= 0.6 is 0 Å². The molecule has 0 amide bonds. The van der Waals surface area contributed by atoms with Crippen molar-refractivity contribution in [1.82, 2.24) is 10.3 Å². The fraction of sp³-hybridized carbons (Fsp3) is 0.615. The summed E-state index contributed by atoms with van der Waals surface area (Å²) < 4.78 is 5.44. The van der Waals surface area contributed by atoms with E-state index in [9.17, 15) is 5.11 Å². The third-order valence-electron chi connectivity index (χ3n) is 3.10. The summed E-state index contributed by atoms with van der Waals surface area (Å²) in [5.74, 6) is 0.451. The zero-order valence-electron chi connectivity index (χ0n) is 10.1. The summed E-state index contributed by atoms with van der Waals surface area (Å²) in [5.41, 5.74) is 0. The molecule has 1 aliphatic heterocycles. The van der Waals surface area contributed by atoms with Crippen LogP contribution in [0.2, 0.25) is 0 Å². The van der Waals surface area contributed by atoms with E-state index >= 15 is 0 Å². The minimum absolute atomic E-state index is 0.114. The molecule has 4 nitrogen and oxygen atoms in total. The summed E-state index contributed by atoms with van der Waals surface area (Å²) in [5, 5.41) is 13.0. The first kappa shape index (κ1) is 12.2. The number of nitrogens with zero attached hydrogens (tertiary/aromatic N) is 1. The number of hydrogen-bond donors (Lipinski definition) is 2. The SMILES string of the molecule is Oc1cccnc1OCCCC1CCCCN1. The van der Waals surface area contributed by atoms with Crippen LogP contribution in [0.5, 0.6) is 11.6 Å². The van der Waals surface area contributed by atoms with Crippen LogP contribution in [0.15, 0.2) is 18.3 Å². The van der Waals surface area contributed by atoms with Crippen molar-refractivity contribution in [2.45, 2.75) is 38.1 Å². The van der Waals surface area contributed by atoms with E-state index in [0.29, 0.717) is 18.5 Å². The lowest BCUT2D eigenvalue weighted by atomic mass is 10.0. The highest BCUT2D eigenvalue weighted by Crippen LogP contribution is 2.21. The second kappa shape index (κ2) is 6.45. The molecule has 2 N–H and O–H groups in total. The summed E-state index contributed by atoms with van der Waals surface area (Å²) in [4.78, 5) is 3.97. The number of pyridine rings is 1. The molecule has 1 aromatic heterocycles.